The highest BCUT2D eigenvalue weighted by molar-refractivity contribution is 5.68. The van der Waals surface area contributed by atoms with Gasteiger partial charge < -0.3 is 19.7 Å². The summed E-state index contributed by atoms with van der Waals surface area (Å²) in [4.78, 5) is 17.8. The van der Waals surface area contributed by atoms with Gasteiger partial charge in [-0.25, -0.2) is 9.78 Å². The van der Waals surface area contributed by atoms with E-state index in [9.17, 15) is 9.18 Å². The van der Waals surface area contributed by atoms with Crippen LogP contribution in [0.4, 0.5) is 9.18 Å². The Kier molecular flexibility index (Phi) is 7.72. The molecule has 1 aliphatic rings. The van der Waals surface area contributed by atoms with Gasteiger partial charge in [0.15, 0.2) is 0 Å². The van der Waals surface area contributed by atoms with Crippen molar-refractivity contribution >= 4 is 6.09 Å². The maximum Gasteiger partial charge on any atom is 0.410 e. The van der Waals surface area contributed by atoms with Gasteiger partial charge in [-0.05, 0) is 76.3 Å². The van der Waals surface area contributed by atoms with Crippen molar-refractivity contribution in [3.8, 4) is 16.9 Å². The van der Waals surface area contributed by atoms with E-state index in [-0.39, 0.29) is 12.1 Å². The second-order valence-electron chi connectivity index (χ2n) is 9.35. The van der Waals surface area contributed by atoms with Crippen LogP contribution >= 0.6 is 0 Å². The molecule has 0 atom stereocenters. The smallest absolute Gasteiger partial charge is 0.410 e. The van der Waals surface area contributed by atoms with Crippen LogP contribution in [-0.2, 0) is 11.3 Å². The third-order valence-corrected chi connectivity index (χ3v) is 5.86. The summed E-state index contributed by atoms with van der Waals surface area (Å²) in [6.45, 7) is 6.26. The minimum Gasteiger partial charge on any atom is -0.496 e. The molecule has 0 unspecified atom stereocenters. The first-order chi connectivity index (χ1) is 15.2. The Labute approximate surface area is 190 Å². The van der Waals surface area contributed by atoms with E-state index < -0.39 is 11.5 Å². The van der Waals surface area contributed by atoms with Gasteiger partial charge in [-0.1, -0.05) is 6.07 Å². The van der Waals surface area contributed by atoms with Gasteiger partial charge in [0.2, 0.25) is 5.95 Å². The van der Waals surface area contributed by atoms with Gasteiger partial charge in [0, 0.05) is 43.0 Å². The zero-order valence-electron chi connectivity index (χ0n) is 19.7. The molecule has 174 valence electrons. The highest BCUT2D eigenvalue weighted by atomic mass is 19.1. The molecule has 0 radical (unpaired) electrons. The number of ether oxygens (including phenoxy) is 2. The summed E-state index contributed by atoms with van der Waals surface area (Å²) < 4.78 is 25.1. The first kappa shape index (κ1) is 24.0. The van der Waals surface area contributed by atoms with E-state index in [1.807, 2.05) is 46.0 Å². The van der Waals surface area contributed by atoms with Crippen LogP contribution in [-0.4, -0.2) is 47.8 Å². The van der Waals surface area contributed by atoms with Gasteiger partial charge in [-0.15, -0.1) is 0 Å². The van der Waals surface area contributed by atoms with Crippen LogP contribution < -0.4 is 10.1 Å². The van der Waals surface area contributed by atoms with Crippen molar-refractivity contribution in [1.82, 2.24) is 15.2 Å². The topological polar surface area (TPSA) is 63.7 Å². The van der Waals surface area contributed by atoms with E-state index in [1.165, 1.54) is 6.20 Å². The fraction of sp³-hybridized carbons (Fsp3) is 0.520. The number of benzene rings is 1. The number of amides is 1. The SMILES string of the molecule is COc1ccc(-c2cccnc2F)cc1CNC1CCC(N(C)C(=O)OC(C)(C)C)CC1. The Bertz CT molecular complexity index is 921. The number of hydrogen-bond acceptors (Lipinski definition) is 5. The lowest BCUT2D eigenvalue weighted by molar-refractivity contribution is 0.0179. The standard InChI is InChI=1S/C25H34FN3O3/c1-25(2,3)32-24(30)29(4)20-11-9-19(10-12-20)28-16-18-15-17(8-13-22(18)31-5)21-7-6-14-27-23(21)26/h6-8,13-15,19-20,28H,9-12,16H2,1-5H3. The number of carbonyl (C=O) groups excluding carboxylic acids is 1. The van der Waals surface area contributed by atoms with Crippen molar-refractivity contribution in [3.05, 3.63) is 48.0 Å². The highest BCUT2D eigenvalue weighted by Crippen LogP contribution is 2.29. The van der Waals surface area contributed by atoms with Gasteiger partial charge in [0.1, 0.15) is 11.4 Å². The van der Waals surface area contributed by atoms with Crippen LogP contribution in [0.2, 0.25) is 0 Å². The minimum absolute atomic E-state index is 0.189. The van der Waals surface area contributed by atoms with Crippen LogP contribution in [0.15, 0.2) is 36.5 Å². The molecule has 3 rings (SSSR count). The number of nitrogens with zero attached hydrogens (tertiary/aromatic N) is 2. The molecule has 1 saturated carbocycles. The van der Waals surface area contributed by atoms with Crippen molar-refractivity contribution in [3.63, 3.8) is 0 Å². The number of rotatable bonds is 6. The van der Waals surface area contributed by atoms with Crippen molar-refractivity contribution in [1.29, 1.82) is 0 Å². The largest absolute Gasteiger partial charge is 0.496 e. The van der Waals surface area contributed by atoms with Crippen LogP contribution in [0.5, 0.6) is 5.75 Å². The number of pyridine rings is 1. The van der Waals surface area contributed by atoms with Crippen LogP contribution in [0, 0.1) is 5.95 Å². The van der Waals surface area contributed by atoms with E-state index >= 15 is 0 Å². The van der Waals surface area contributed by atoms with Crippen LogP contribution in [0.3, 0.4) is 0 Å². The summed E-state index contributed by atoms with van der Waals surface area (Å²) in [7, 11) is 3.46. The fourth-order valence-corrected chi connectivity index (χ4v) is 4.09. The molecule has 0 saturated heterocycles. The third kappa shape index (κ3) is 6.19. The summed E-state index contributed by atoms with van der Waals surface area (Å²) in [5.41, 5.74) is 1.73. The molecule has 1 aromatic heterocycles. The zero-order valence-corrected chi connectivity index (χ0v) is 19.7. The Balaban J connectivity index is 1.58. The Morgan fingerprint density at radius 1 is 1.22 bits per heavy atom. The number of nitrogens with one attached hydrogen (secondary N) is 1. The molecule has 1 aromatic carbocycles. The molecule has 1 fully saturated rings. The number of hydrogen-bond donors (Lipinski definition) is 1. The average molecular weight is 444 g/mol. The van der Waals surface area contributed by atoms with Gasteiger partial charge in [0.25, 0.3) is 0 Å². The van der Waals surface area contributed by atoms with E-state index in [4.69, 9.17) is 9.47 Å². The second-order valence-corrected chi connectivity index (χ2v) is 9.35. The quantitative estimate of drug-likeness (QED) is 0.625. The van der Waals surface area contributed by atoms with E-state index in [0.29, 0.717) is 18.2 Å². The molecular weight excluding hydrogens is 409 g/mol. The average Bonchev–Trinajstić information content (AvgIpc) is 2.76. The Morgan fingerprint density at radius 3 is 2.56 bits per heavy atom. The lowest BCUT2D eigenvalue weighted by atomic mass is 9.90. The normalized spacial score (nSPS) is 18.8. The van der Waals surface area contributed by atoms with E-state index in [1.54, 1.807) is 24.1 Å². The Morgan fingerprint density at radius 2 is 1.94 bits per heavy atom. The van der Waals surface area contributed by atoms with Crippen LogP contribution in [0.25, 0.3) is 11.1 Å². The monoisotopic (exact) mass is 443 g/mol. The summed E-state index contributed by atoms with van der Waals surface area (Å²) in [5, 5.41) is 3.61. The van der Waals surface area contributed by atoms with Gasteiger partial charge in [-0.3, -0.25) is 0 Å². The number of aromatic nitrogens is 1. The lowest BCUT2D eigenvalue weighted by Gasteiger charge is -2.35. The summed E-state index contributed by atoms with van der Waals surface area (Å²) in [6.07, 6.45) is 4.96. The predicted octanol–water partition coefficient (Wildman–Crippen LogP) is 5.16. The molecule has 1 heterocycles. The first-order valence-corrected chi connectivity index (χ1v) is 11.1. The third-order valence-electron chi connectivity index (χ3n) is 5.86. The molecule has 32 heavy (non-hydrogen) atoms. The van der Waals surface area contributed by atoms with Crippen molar-refractivity contribution in [2.45, 2.75) is 70.7 Å². The number of methoxy groups -OCH3 is 1. The van der Waals surface area contributed by atoms with Gasteiger partial charge in [0.05, 0.1) is 7.11 Å². The second kappa shape index (κ2) is 10.3. The molecule has 1 amide bonds. The minimum atomic E-state index is -0.490. The zero-order chi connectivity index (χ0) is 23.3. The summed E-state index contributed by atoms with van der Waals surface area (Å²) in [6, 6.07) is 9.66. The molecule has 0 bridgehead atoms. The van der Waals surface area contributed by atoms with E-state index in [2.05, 4.69) is 10.3 Å². The van der Waals surface area contributed by atoms with E-state index in [0.717, 1.165) is 42.6 Å². The van der Waals surface area contributed by atoms with Crippen molar-refractivity contribution in [2.75, 3.05) is 14.2 Å². The summed E-state index contributed by atoms with van der Waals surface area (Å²) in [5.74, 6) is 0.285. The van der Waals surface area contributed by atoms with Gasteiger partial charge in [-0.2, -0.15) is 4.39 Å². The molecule has 6 nitrogen and oxygen atoms in total. The summed E-state index contributed by atoms with van der Waals surface area (Å²) >= 11 is 0. The molecular formula is C25H34FN3O3. The van der Waals surface area contributed by atoms with Crippen molar-refractivity contribution < 1.29 is 18.7 Å². The van der Waals surface area contributed by atoms with Gasteiger partial charge >= 0.3 is 6.09 Å². The molecule has 0 aliphatic heterocycles. The lowest BCUT2D eigenvalue weighted by Crippen LogP contribution is -2.44. The first-order valence-electron chi connectivity index (χ1n) is 11.1. The molecule has 0 spiro atoms. The number of carbonyl (C=O) groups is 1. The molecule has 1 aliphatic carbocycles. The Hall–Kier alpha value is -2.67. The molecule has 1 N–H and O–H groups in total. The molecule has 7 heteroatoms. The number of halogens is 1. The maximum atomic E-state index is 14.1. The predicted molar refractivity (Wildman–Crippen MR) is 123 cm³/mol. The van der Waals surface area contributed by atoms with Crippen LogP contribution in [0.1, 0.15) is 52.0 Å². The maximum absolute atomic E-state index is 14.1. The molecule has 2 aromatic rings. The van der Waals surface area contributed by atoms with Crippen molar-refractivity contribution in [2.24, 2.45) is 0 Å². The fourth-order valence-electron chi connectivity index (χ4n) is 4.09. The highest BCUT2D eigenvalue weighted by Gasteiger charge is 2.29.